The Bertz CT molecular complexity index is 6210. The van der Waals surface area contributed by atoms with Crippen LogP contribution in [0.3, 0.4) is 0 Å². The number of carbonyl (C=O) groups is 6. The SMILES string of the molecule is Cc1c(COc2cc(OCc3cncc(C#N)c3)c(CCC[C@@H](O)CC(=O)O)cc2Cl)cccc1-c1cccc(COc2cc(OCc3cncc(C#N)c3)c(CNC[C@@H](O)CC(=O)O)cc2Cl)c1C.Cc1c(COc2cc(OCc3cncc(C(N)=O)c3)c(CCC[C@@H](O)CC(=O)O)cc2Cl)cccc1-c1cccc(COc2cc(OCc3cncc(C(N)=O)c3)c(CNC[C@@H](O)CC(=O)O)cc2Cl)c1C. The third-order valence-electron chi connectivity index (χ3n) is 22.9. The normalized spacial score (nSPS) is 11.8. The summed E-state index contributed by atoms with van der Waals surface area (Å²) in [5.74, 6) is -2.50. The number of benzene rings is 8. The number of halogens is 4. The average Bonchev–Trinajstić information content (AvgIpc) is 0.799. The number of ether oxygens (including phenoxy) is 8. The van der Waals surface area contributed by atoms with Crippen molar-refractivity contribution in [1.29, 1.82) is 10.5 Å². The lowest BCUT2D eigenvalue weighted by Crippen LogP contribution is -2.28. The highest BCUT2D eigenvalue weighted by Crippen LogP contribution is 2.42. The van der Waals surface area contributed by atoms with Gasteiger partial charge in [-0.1, -0.05) is 119 Å². The number of aromatic nitrogens is 4. The number of nitriles is 2. The van der Waals surface area contributed by atoms with E-state index in [1.54, 1.807) is 97.6 Å². The van der Waals surface area contributed by atoms with E-state index >= 15 is 0 Å². The Kier molecular flexibility index (Phi) is 40.4. The molecule has 2 amide bonds. The average molecular weight is 2010 g/mol. The fraction of sp³-hybridized carbons (Fsp3) is 0.283. The number of amides is 2. The molecule has 0 spiro atoms. The number of hydrogen-bond donors (Lipinski definition) is 12. The number of aliphatic carboxylic acids is 4. The fourth-order valence-electron chi connectivity index (χ4n) is 15.4. The largest absolute Gasteiger partial charge is 0.488 e. The minimum absolute atomic E-state index is 0.00127. The summed E-state index contributed by atoms with van der Waals surface area (Å²) in [7, 11) is 0. The van der Waals surface area contributed by atoms with E-state index in [1.807, 2.05) is 100 Å². The first-order chi connectivity index (χ1) is 68.1. The molecule has 12 rings (SSSR count). The molecule has 0 aliphatic rings. The number of aliphatic hydroxyl groups excluding tert-OH is 4. The number of aliphatic hydroxyl groups is 4. The molecule has 0 saturated heterocycles. The molecule has 0 aliphatic heterocycles. The van der Waals surface area contributed by atoms with Gasteiger partial charge in [0.2, 0.25) is 11.8 Å². The summed E-state index contributed by atoms with van der Waals surface area (Å²) in [5.41, 5.74) is 28.7. The van der Waals surface area contributed by atoms with Gasteiger partial charge in [-0.05, 0) is 193 Å². The number of carboxylic acid groups (broad SMARTS) is 4. The van der Waals surface area contributed by atoms with Gasteiger partial charge in [-0.2, -0.15) is 10.5 Å². The summed E-state index contributed by atoms with van der Waals surface area (Å²) in [5, 5.41) is 103. The zero-order valence-corrected chi connectivity index (χ0v) is 81.0. The molecule has 8 aromatic carbocycles. The molecule has 4 atom stereocenters. The number of pyridine rings is 4. The molecule has 0 fully saturated rings. The van der Waals surface area contributed by atoms with Gasteiger partial charge >= 0.3 is 23.9 Å². The van der Waals surface area contributed by atoms with Gasteiger partial charge in [-0.15, -0.1) is 0 Å². The van der Waals surface area contributed by atoms with Crippen molar-refractivity contribution in [3.63, 3.8) is 0 Å². The first kappa shape index (κ1) is 108. The number of nitrogens with one attached hydrogen (secondary N) is 2. The lowest BCUT2D eigenvalue weighted by atomic mass is 9.92. The van der Waals surface area contributed by atoms with Crippen molar-refractivity contribution in [3.8, 4) is 80.4 Å². The van der Waals surface area contributed by atoms with Crippen LogP contribution in [0.1, 0.15) is 172 Å². The summed E-state index contributed by atoms with van der Waals surface area (Å²) < 4.78 is 50.3. The van der Waals surface area contributed by atoms with Gasteiger partial charge in [0.15, 0.2) is 0 Å². The smallest absolute Gasteiger partial charge is 0.306 e. The minimum atomic E-state index is -1.13. The lowest BCUT2D eigenvalue weighted by Gasteiger charge is -2.19. The van der Waals surface area contributed by atoms with Crippen LogP contribution >= 0.6 is 46.4 Å². The molecule has 4 heterocycles. The van der Waals surface area contributed by atoms with Crippen molar-refractivity contribution < 1.29 is 108 Å². The van der Waals surface area contributed by atoms with Crippen molar-refractivity contribution >= 4 is 82.1 Å². The Labute approximate surface area is 839 Å². The van der Waals surface area contributed by atoms with E-state index in [1.165, 1.54) is 24.8 Å². The standard InChI is InChI=1S/C53H55Cl2N5O12.C53H51Cl2N5O10/c1-30-35(28-71-48-18-46(69-26-32-12-38(52(56)67)23-58-20-32)34(14-44(48)54)6-3-9-40(61)16-50(63)64)7-4-10-42(30)43-11-5-8-36(31(43)2)29-72-49-19-47(70-27-33-13-39(53(57)68)24-59-21-33)37(15-45(49)55)22-60-25-41(62)17-51(65)66;1-32-39(30-69-50-18-48(67-28-36-12-34(20-56)22-58-24-36)38(14-46(50)54)6-3-9-42(61)16-52(63)64)7-4-10-44(32)45-11-5-8-40(33(45)2)31-70-51-19-49(68-29-37-13-35(21-57)23-59-25-37)41(15-47(51)55)26-60-27-43(62)17-53(65)66/h4-5,7-8,10-15,18-21,23-24,40-41,60-62H,3,6,9,16-17,22,25-29H2,1-2H3,(H2,56,67)(H2,57,68)(H,63,64)(H,65,66);4-5,7-8,10-15,18-19,22-25,42-43,60-62H,3,6,9,16-17,26-31H2,1-2H3,(H,63,64)(H,65,66)/t40-,41+;42-,43+/m11/s1. The third kappa shape index (κ3) is 32.3. The minimum Gasteiger partial charge on any atom is -0.488 e. The van der Waals surface area contributed by atoms with Crippen molar-refractivity contribution in [3.05, 3.63) is 327 Å². The van der Waals surface area contributed by atoms with Crippen molar-refractivity contribution in [2.45, 2.75) is 182 Å². The Hall–Kier alpha value is -14.5. The van der Waals surface area contributed by atoms with E-state index in [4.69, 9.17) is 116 Å². The van der Waals surface area contributed by atoms with Gasteiger partial charge in [0.05, 0.1) is 92.4 Å². The maximum Gasteiger partial charge on any atom is 0.306 e. The fourth-order valence-corrected chi connectivity index (χ4v) is 16.3. The van der Waals surface area contributed by atoms with Gasteiger partial charge in [0.25, 0.3) is 0 Å². The third-order valence-corrected chi connectivity index (χ3v) is 24.1. The zero-order valence-electron chi connectivity index (χ0n) is 78.0. The van der Waals surface area contributed by atoms with Crippen LogP contribution in [0, 0.1) is 50.4 Å². The molecule has 0 saturated carbocycles. The van der Waals surface area contributed by atoms with Gasteiger partial charge < -0.3 is 101 Å². The molecule has 12 aromatic rings. The number of rotatable bonds is 52. The predicted molar refractivity (Wildman–Crippen MR) is 529 cm³/mol. The van der Waals surface area contributed by atoms with Crippen LogP contribution in [0.2, 0.25) is 20.1 Å². The van der Waals surface area contributed by atoms with Crippen molar-refractivity contribution in [1.82, 2.24) is 30.6 Å². The molecular formula is C106H106Cl4N10O22. The number of nitrogens with zero attached hydrogens (tertiary/aromatic N) is 6. The Morgan fingerprint density at radius 1 is 0.338 bits per heavy atom. The number of carbonyl (C=O) groups excluding carboxylic acids is 2. The van der Waals surface area contributed by atoms with Crippen LogP contribution < -0.4 is 60.0 Å². The number of primary amides is 2. The summed E-state index contributed by atoms with van der Waals surface area (Å²) in [4.78, 5) is 84.3. The van der Waals surface area contributed by atoms with Crippen molar-refractivity contribution in [2.75, 3.05) is 13.1 Å². The summed E-state index contributed by atoms with van der Waals surface area (Å²) in [6, 6.07) is 48.1. The second-order valence-corrected chi connectivity index (χ2v) is 35.2. The molecule has 4 aromatic heterocycles. The highest BCUT2D eigenvalue weighted by Gasteiger charge is 2.25. The van der Waals surface area contributed by atoms with E-state index in [-0.39, 0.29) is 121 Å². The predicted octanol–water partition coefficient (Wildman–Crippen LogP) is 16.9. The van der Waals surface area contributed by atoms with Crippen LogP contribution in [-0.4, -0.2) is 134 Å². The maximum atomic E-state index is 11.8. The van der Waals surface area contributed by atoms with Gasteiger partial charge in [0, 0.05) is 133 Å². The molecular weight excluding hydrogens is 1910 g/mol. The molecule has 740 valence electrons. The number of carboxylic acids is 4. The number of aryl methyl sites for hydroxylation is 2. The zero-order chi connectivity index (χ0) is 102. The first-order valence-corrected chi connectivity index (χ1v) is 46.5. The Morgan fingerprint density at radius 2 is 0.599 bits per heavy atom. The van der Waals surface area contributed by atoms with Crippen LogP contribution in [0.15, 0.2) is 195 Å². The molecule has 0 radical (unpaired) electrons. The second kappa shape index (κ2) is 53.2. The quantitative estimate of drug-likeness (QED) is 0.0168. The van der Waals surface area contributed by atoms with Crippen LogP contribution in [0.5, 0.6) is 46.0 Å². The summed E-state index contributed by atoms with van der Waals surface area (Å²) in [6.07, 6.45) is 8.53. The second-order valence-electron chi connectivity index (χ2n) is 33.6. The van der Waals surface area contributed by atoms with E-state index in [2.05, 4.69) is 42.7 Å². The highest BCUT2D eigenvalue weighted by atomic mass is 35.5. The lowest BCUT2D eigenvalue weighted by molar-refractivity contribution is -0.140. The monoisotopic (exact) mass is 2010 g/mol. The Balaban J connectivity index is 0.000000271. The molecule has 36 heteroatoms. The summed E-state index contributed by atoms with van der Waals surface area (Å²) in [6.45, 7) is 9.33. The van der Waals surface area contributed by atoms with Gasteiger partial charge in [0.1, 0.15) is 111 Å². The van der Waals surface area contributed by atoms with E-state index in [0.29, 0.717) is 137 Å². The van der Waals surface area contributed by atoms with Gasteiger partial charge in [-0.25, -0.2) is 0 Å². The molecule has 32 nitrogen and oxygen atoms in total. The Morgan fingerprint density at radius 3 is 0.880 bits per heavy atom. The molecule has 0 aliphatic carbocycles. The molecule has 14 N–H and O–H groups in total. The maximum absolute atomic E-state index is 11.8. The highest BCUT2D eigenvalue weighted by molar-refractivity contribution is 6.33. The van der Waals surface area contributed by atoms with Crippen LogP contribution in [0.4, 0.5) is 0 Å². The molecule has 0 unspecified atom stereocenters. The first-order valence-electron chi connectivity index (χ1n) is 45.0. The van der Waals surface area contributed by atoms with Gasteiger partial charge in [-0.3, -0.25) is 48.7 Å². The number of nitrogens with two attached hydrogens (primary N) is 2. The van der Waals surface area contributed by atoms with Crippen molar-refractivity contribution in [2.24, 2.45) is 11.5 Å². The van der Waals surface area contributed by atoms with E-state index < -0.39 is 72.9 Å². The number of hydrogen-bond acceptors (Lipinski definition) is 26. The topological polar surface area (TPSA) is 513 Å². The van der Waals surface area contributed by atoms with Crippen LogP contribution in [0.25, 0.3) is 22.3 Å². The molecule has 0 bridgehead atoms. The summed E-state index contributed by atoms with van der Waals surface area (Å²) >= 11 is 27.2. The van der Waals surface area contributed by atoms with E-state index in [9.17, 15) is 59.7 Å². The van der Waals surface area contributed by atoms with E-state index in [0.717, 1.165) is 72.3 Å². The molecule has 142 heavy (non-hydrogen) atoms. The van der Waals surface area contributed by atoms with Crippen LogP contribution in [-0.2, 0) is 98.0 Å².